The number of rotatable bonds is 3. The van der Waals surface area contributed by atoms with E-state index in [1.54, 1.807) is 12.4 Å². The number of nitrogens with zero attached hydrogens (tertiary/aromatic N) is 3. The van der Waals surface area contributed by atoms with Gasteiger partial charge in [-0.15, -0.1) is 0 Å². The molecule has 2 aromatic rings. The Morgan fingerprint density at radius 2 is 2.37 bits per heavy atom. The Bertz CT molecular complexity index is 567. The molecule has 1 saturated carbocycles. The Hall–Kier alpha value is -1.82. The maximum Gasteiger partial charge on any atom is 0.180 e. The molecule has 0 saturated heterocycles. The fourth-order valence-corrected chi connectivity index (χ4v) is 2.76. The molecule has 1 aliphatic rings. The minimum Gasteiger partial charge on any atom is -0.393 e. The largest absolute Gasteiger partial charge is 0.393 e. The van der Waals surface area contributed by atoms with Gasteiger partial charge in [0.05, 0.1) is 12.3 Å². The molecule has 0 spiro atoms. The highest BCUT2D eigenvalue weighted by Crippen LogP contribution is 2.25. The van der Waals surface area contributed by atoms with Crippen LogP contribution in [0.5, 0.6) is 0 Å². The van der Waals surface area contributed by atoms with Crippen molar-refractivity contribution in [1.82, 2.24) is 14.4 Å². The number of nitrogen functional groups attached to an aromatic ring is 1. The van der Waals surface area contributed by atoms with Gasteiger partial charge in [0.1, 0.15) is 5.82 Å². The first kappa shape index (κ1) is 12.2. The van der Waals surface area contributed by atoms with Crippen molar-refractivity contribution in [3.8, 4) is 0 Å². The molecule has 2 aromatic heterocycles. The van der Waals surface area contributed by atoms with Gasteiger partial charge in [0.15, 0.2) is 11.5 Å². The lowest BCUT2D eigenvalue weighted by Crippen LogP contribution is -2.25. The average molecular weight is 261 g/mol. The second-order valence-electron chi connectivity index (χ2n) is 5.24. The lowest BCUT2D eigenvalue weighted by atomic mass is 9.87. The van der Waals surface area contributed by atoms with Crippen molar-refractivity contribution in [3.05, 3.63) is 18.6 Å². The molecule has 0 amide bonds. The molecule has 1 aliphatic carbocycles. The van der Waals surface area contributed by atoms with Crippen LogP contribution in [0.2, 0.25) is 0 Å². The molecule has 0 aliphatic heterocycles. The van der Waals surface area contributed by atoms with Crippen molar-refractivity contribution in [3.63, 3.8) is 0 Å². The second kappa shape index (κ2) is 5.05. The monoisotopic (exact) mass is 261 g/mol. The van der Waals surface area contributed by atoms with E-state index in [0.29, 0.717) is 17.6 Å². The Morgan fingerprint density at radius 1 is 1.47 bits per heavy atom. The topological polar surface area (TPSA) is 88.5 Å². The third-order valence-electron chi connectivity index (χ3n) is 3.71. The van der Waals surface area contributed by atoms with E-state index in [9.17, 15) is 5.11 Å². The van der Waals surface area contributed by atoms with Crippen LogP contribution < -0.4 is 11.1 Å². The summed E-state index contributed by atoms with van der Waals surface area (Å²) in [7, 11) is 0. The number of anilines is 2. The Labute approximate surface area is 111 Å². The number of nitrogens with one attached hydrogen (secondary N) is 1. The molecule has 2 unspecified atom stereocenters. The molecule has 0 radical (unpaired) electrons. The van der Waals surface area contributed by atoms with Gasteiger partial charge in [-0.3, -0.25) is 0 Å². The van der Waals surface area contributed by atoms with Crippen molar-refractivity contribution in [1.29, 1.82) is 0 Å². The first-order valence-electron chi connectivity index (χ1n) is 6.73. The minimum atomic E-state index is -0.152. The van der Waals surface area contributed by atoms with Gasteiger partial charge in [0.25, 0.3) is 0 Å². The van der Waals surface area contributed by atoms with Gasteiger partial charge in [-0.25, -0.2) is 9.97 Å². The summed E-state index contributed by atoms with van der Waals surface area (Å²) in [6.45, 7) is 0.802. The Morgan fingerprint density at radius 3 is 3.21 bits per heavy atom. The van der Waals surface area contributed by atoms with Crippen LogP contribution in [-0.2, 0) is 0 Å². The van der Waals surface area contributed by atoms with Crippen LogP contribution >= 0.6 is 0 Å². The number of fused-ring (bicyclic) bond motifs is 1. The maximum atomic E-state index is 9.68. The number of nitrogens with two attached hydrogens (primary N) is 1. The molecular weight excluding hydrogens is 242 g/mol. The molecule has 1 fully saturated rings. The summed E-state index contributed by atoms with van der Waals surface area (Å²) in [4.78, 5) is 8.57. The first-order chi connectivity index (χ1) is 9.22. The molecule has 3 rings (SSSR count). The van der Waals surface area contributed by atoms with E-state index in [4.69, 9.17) is 5.73 Å². The van der Waals surface area contributed by atoms with E-state index < -0.39 is 0 Å². The van der Waals surface area contributed by atoms with Crippen molar-refractivity contribution >= 4 is 17.3 Å². The van der Waals surface area contributed by atoms with Gasteiger partial charge in [0.2, 0.25) is 0 Å². The number of hydrogen-bond acceptors (Lipinski definition) is 5. The van der Waals surface area contributed by atoms with Crippen LogP contribution in [0.15, 0.2) is 18.6 Å². The third kappa shape index (κ3) is 2.63. The Balaban J connectivity index is 1.72. The van der Waals surface area contributed by atoms with Crippen LogP contribution in [0.4, 0.5) is 11.6 Å². The van der Waals surface area contributed by atoms with Crippen molar-refractivity contribution in [2.75, 3.05) is 17.6 Å². The van der Waals surface area contributed by atoms with E-state index in [1.807, 2.05) is 10.6 Å². The third-order valence-corrected chi connectivity index (χ3v) is 3.71. The molecule has 102 valence electrons. The molecule has 2 atom stereocenters. The van der Waals surface area contributed by atoms with Gasteiger partial charge in [-0.05, 0) is 25.2 Å². The molecule has 2 heterocycles. The zero-order valence-electron chi connectivity index (χ0n) is 10.8. The minimum absolute atomic E-state index is 0.152. The SMILES string of the molecule is Nc1cn2ccnc2c(NCC2CCCC(O)C2)n1. The zero-order chi connectivity index (χ0) is 13.2. The fourth-order valence-electron chi connectivity index (χ4n) is 2.76. The highest BCUT2D eigenvalue weighted by molar-refractivity contribution is 5.64. The van der Waals surface area contributed by atoms with Crippen LogP contribution in [0, 0.1) is 5.92 Å². The van der Waals surface area contributed by atoms with E-state index in [-0.39, 0.29) is 6.10 Å². The first-order valence-corrected chi connectivity index (χ1v) is 6.73. The highest BCUT2D eigenvalue weighted by atomic mass is 16.3. The molecule has 0 aromatic carbocycles. The van der Waals surface area contributed by atoms with Gasteiger partial charge in [-0.1, -0.05) is 6.42 Å². The van der Waals surface area contributed by atoms with E-state index in [0.717, 1.165) is 37.9 Å². The van der Waals surface area contributed by atoms with Gasteiger partial charge in [0, 0.05) is 18.9 Å². The van der Waals surface area contributed by atoms with Crippen LogP contribution in [0.3, 0.4) is 0 Å². The molecule has 4 N–H and O–H groups in total. The Kier molecular flexibility index (Phi) is 3.25. The predicted octanol–water partition coefficient (Wildman–Crippen LogP) is 1.27. The average Bonchev–Trinajstić information content (AvgIpc) is 2.84. The van der Waals surface area contributed by atoms with Crippen molar-refractivity contribution in [2.45, 2.75) is 31.8 Å². The standard InChI is InChI=1S/C13H19N5O/c14-11-8-18-5-4-15-13(18)12(17-11)16-7-9-2-1-3-10(19)6-9/h4-5,8-10,19H,1-3,6-7,14H2,(H,16,17). The van der Waals surface area contributed by atoms with Gasteiger partial charge >= 0.3 is 0 Å². The zero-order valence-corrected chi connectivity index (χ0v) is 10.8. The number of aliphatic hydroxyl groups is 1. The number of aromatic nitrogens is 3. The predicted molar refractivity (Wildman–Crippen MR) is 73.9 cm³/mol. The number of imidazole rings is 1. The van der Waals surface area contributed by atoms with Crippen LogP contribution in [0.25, 0.3) is 5.65 Å². The number of hydrogen-bond donors (Lipinski definition) is 3. The van der Waals surface area contributed by atoms with Crippen LogP contribution in [-0.4, -0.2) is 32.1 Å². The molecule has 19 heavy (non-hydrogen) atoms. The summed E-state index contributed by atoms with van der Waals surface area (Å²) in [6.07, 6.45) is 9.21. The van der Waals surface area contributed by atoms with Gasteiger partial charge < -0.3 is 20.6 Å². The molecule has 6 heteroatoms. The van der Waals surface area contributed by atoms with E-state index in [2.05, 4.69) is 15.3 Å². The van der Waals surface area contributed by atoms with E-state index >= 15 is 0 Å². The summed E-state index contributed by atoms with van der Waals surface area (Å²) in [6, 6.07) is 0. The lowest BCUT2D eigenvalue weighted by Gasteiger charge is -2.26. The maximum absolute atomic E-state index is 9.68. The number of aliphatic hydroxyl groups excluding tert-OH is 1. The normalized spacial score (nSPS) is 23.6. The summed E-state index contributed by atoms with van der Waals surface area (Å²) >= 11 is 0. The summed E-state index contributed by atoms with van der Waals surface area (Å²) in [5.41, 5.74) is 6.56. The van der Waals surface area contributed by atoms with Crippen LogP contribution in [0.1, 0.15) is 25.7 Å². The summed E-state index contributed by atoms with van der Waals surface area (Å²) in [5.74, 6) is 1.67. The van der Waals surface area contributed by atoms with Gasteiger partial charge in [-0.2, -0.15) is 0 Å². The van der Waals surface area contributed by atoms with E-state index in [1.165, 1.54) is 0 Å². The fraction of sp³-hybridized carbons (Fsp3) is 0.538. The highest BCUT2D eigenvalue weighted by Gasteiger charge is 2.20. The molecule has 0 bridgehead atoms. The second-order valence-corrected chi connectivity index (χ2v) is 5.24. The summed E-state index contributed by atoms with van der Waals surface area (Å²) < 4.78 is 1.86. The quantitative estimate of drug-likeness (QED) is 0.774. The van der Waals surface area contributed by atoms with Crippen molar-refractivity contribution in [2.24, 2.45) is 5.92 Å². The summed E-state index contributed by atoms with van der Waals surface area (Å²) in [5, 5.41) is 13.0. The smallest absolute Gasteiger partial charge is 0.180 e. The molecule has 6 nitrogen and oxygen atoms in total. The molecular formula is C13H19N5O. The van der Waals surface area contributed by atoms with Crippen molar-refractivity contribution < 1.29 is 5.11 Å². The lowest BCUT2D eigenvalue weighted by molar-refractivity contribution is 0.104.